The maximum absolute atomic E-state index is 10.3. The number of benzene rings is 1. The van der Waals surface area contributed by atoms with Crippen LogP contribution >= 0.6 is 0 Å². The molecule has 1 heterocycles. The molecule has 0 aliphatic rings. The van der Waals surface area contributed by atoms with Gasteiger partial charge in [0, 0.05) is 45.1 Å². The molecule has 0 saturated heterocycles. The van der Waals surface area contributed by atoms with Crippen LogP contribution in [0.15, 0.2) is 36.7 Å². The van der Waals surface area contributed by atoms with Crippen LogP contribution in [0.3, 0.4) is 0 Å². The summed E-state index contributed by atoms with van der Waals surface area (Å²) in [4.78, 5) is 6.33. The van der Waals surface area contributed by atoms with Crippen LogP contribution in [0.1, 0.15) is 24.4 Å². The Bertz CT molecular complexity index is 516. The Labute approximate surface area is 114 Å². The first kappa shape index (κ1) is 13.6. The average molecular weight is 259 g/mol. The maximum atomic E-state index is 10.3. The molecule has 0 aliphatic carbocycles. The van der Waals surface area contributed by atoms with Gasteiger partial charge in [-0.05, 0) is 24.6 Å². The van der Waals surface area contributed by atoms with Gasteiger partial charge in [-0.25, -0.2) is 4.98 Å². The highest BCUT2D eigenvalue weighted by molar-refractivity contribution is 5.46. The van der Waals surface area contributed by atoms with Crippen molar-refractivity contribution in [3.05, 3.63) is 48.0 Å². The first-order valence-corrected chi connectivity index (χ1v) is 6.57. The smallest absolute Gasteiger partial charge is 0.111 e. The molecule has 1 unspecified atom stereocenters. The predicted octanol–water partition coefficient (Wildman–Crippen LogP) is 2.25. The second kappa shape index (κ2) is 5.89. The Morgan fingerprint density at radius 1 is 1.26 bits per heavy atom. The van der Waals surface area contributed by atoms with Crippen LogP contribution in [0.25, 0.3) is 0 Å². The lowest BCUT2D eigenvalue weighted by Gasteiger charge is -2.15. The van der Waals surface area contributed by atoms with E-state index in [-0.39, 0.29) is 0 Å². The van der Waals surface area contributed by atoms with Gasteiger partial charge in [0.25, 0.3) is 0 Å². The molecule has 0 saturated carbocycles. The van der Waals surface area contributed by atoms with Crippen LogP contribution in [-0.4, -0.2) is 28.8 Å². The number of imidazole rings is 1. The van der Waals surface area contributed by atoms with Crippen LogP contribution in [0.4, 0.5) is 5.69 Å². The summed E-state index contributed by atoms with van der Waals surface area (Å²) < 4.78 is 2.05. The molecule has 1 aromatic heterocycles. The number of anilines is 1. The zero-order valence-electron chi connectivity index (χ0n) is 11.7. The molecular weight excluding hydrogens is 238 g/mol. The van der Waals surface area contributed by atoms with E-state index in [0.29, 0.717) is 6.42 Å². The van der Waals surface area contributed by atoms with Crippen LogP contribution in [0.5, 0.6) is 0 Å². The molecule has 2 aromatic rings. The van der Waals surface area contributed by atoms with Crippen molar-refractivity contribution in [1.82, 2.24) is 9.55 Å². The van der Waals surface area contributed by atoms with Crippen molar-refractivity contribution in [3.63, 3.8) is 0 Å². The van der Waals surface area contributed by atoms with E-state index < -0.39 is 6.10 Å². The van der Waals surface area contributed by atoms with Crippen molar-refractivity contribution in [1.29, 1.82) is 0 Å². The number of aryl methyl sites for hydroxylation is 1. The Kier molecular flexibility index (Phi) is 4.22. The predicted molar refractivity (Wildman–Crippen MR) is 77.3 cm³/mol. The van der Waals surface area contributed by atoms with E-state index in [1.54, 1.807) is 6.20 Å². The van der Waals surface area contributed by atoms with E-state index in [4.69, 9.17) is 0 Å². The van der Waals surface area contributed by atoms with Gasteiger partial charge in [-0.3, -0.25) is 0 Å². The lowest BCUT2D eigenvalue weighted by Crippen LogP contribution is -2.10. The molecule has 102 valence electrons. The second-order valence-electron chi connectivity index (χ2n) is 4.84. The summed E-state index contributed by atoms with van der Waals surface area (Å²) in [6, 6.07) is 7.98. The van der Waals surface area contributed by atoms with Crippen LogP contribution in [0.2, 0.25) is 0 Å². The first-order chi connectivity index (χ1) is 9.11. The largest absolute Gasteiger partial charge is 0.388 e. The molecular formula is C15H21N3O. The standard InChI is InChI=1S/C15H21N3O/c1-4-18-10-9-16-15(18)11-14(19)12-5-7-13(8-6-12)17(2)3/h5-10,14,19H,4,11H2,1-3H3. The summed E-state index contributed by atoms with van der Waals surface area (Å²) in [6.07, 6.45) is 3.75. The lowest BCUT2D eigenvalue weighted by molar-refractivity contribution is 0.174. The maximum Gasteiger partial charge on any atom is 0.111 e. The minimum absolute atomic E-state index is 0.510. The molecule has 0 radical (unpaired) electrons. The first-order valence-electron chi connectivity index (χ1n) is 6.57. The van der Waals surface area contributed by atoms with Gasteiger partial charge in [0.1, 0.15) is 5.82 Å². The van der Waals surface area contributed by atoms with Crippen molar-refractivity contribution < 1.29 is 5.11 Å². The highest BCUT2D eigenvalue weighted by atomic mass is 16.3. The average Bonchev–Trinajstić information content (AvgIpc) is 2.86. The highest BCUT2D eigenvalue weighted by Crippen LogP contribution is 2.20. The third kappa shape index (κ3) is 3.15. The van der Waals surface area contributed by atoms with E-state index in [2.05, 4.69) is 16.5 Å². The van der Waals surface area contributed by atoms with Crippen LogP contribution in [-0.2, 0) is 13.0 Å². The van der Waals surface area contributed by atoms with E-state index in [9.17, 15) is 5.11 Å². The number of nitrogens with zero attached hydrogens (tertiary/aromatic N) is 3. The molecule has 1 aromatic carbocycles. The molecule has 0 fully saturated rings. The fraction of sp³-hybridized carbons (Fsp3) is 0.400. The van der Waals surface area contributed by atoms with Gasteiger partial charge in [-0.15, -0.1) is 0 Å². The molecule has 4 heteroatoms. The normalized spacial score (nSPS) is 12.4. The number of aliphatic hydroxyl groups excluding tert-OH is 1. The quantitative estimate of drug-likeness (QED) is 0.895. The fourth-order valence-electron chi connectivity index (χ4n) is 2.10. The SMILES string of the molecule is CCn1ccnc1CC(O)c1ccc(N(C)C)cc1. The van der Waals surface area contributed by atoms with Gasteiger partial charge in [-0.2, -0.15) is 0 Å². The monoisotopic (exact) mass is 259 g/mol. The third-order valence-corrected chi connectivity index (χ3v) is 3.31. The number of aliphatic hydroxyl groups is 1. The molecule has 1 N–H and O–H groups in total. The van der Waals surface area contributed by atoms with Gasteiger partial charge >= 0.3 is 0 Å². The zero-order valence-corrected chi connectivity index (χ0v) is 11.7. The van der Waals surface area contributed by atoms with Gasteiger partial charge in [0.2, 0.25) is 0 Å². The van der Waals surface area contributed by atoms with Crippen molar-refractivity contribution in [2.24, 2.45) is 0 Å². The van der Waals surface area contributed by atoms with Gasteiger partial charge in [0.15, 0.2) is 0 Å². The summed E-state index contributed by atoms with van der Waals surface area (Å²) in [6.45, 7) is 2.95. The van der Waals surface area contributed by atoms with E-state index in [0.717, 1.165) is 23.6 Å². The minimum atomic E-state index is -0.510. The van der Waals surface area contributed by atoms with Crippen molar-refractivity contribution in [3.8, 4) is 0 Å². The highest BCUT2D eigenvalue weighted by Gasteiger charge is 2.12. The Balaban J connectivity index is 2.09. The third-order valence-electron chi connectivity index (χ3n) is 3.31. The summed E-state index contributed by atoms with van der Waals surface area (Å²) in [5.74, 6) is 0.923. The molecule has 0 spiro atoms. The van der Waals surface area contributed by atoms with Crippen molar-refractivity contribution >= 4 is 5.69 Å². The number of rotatable bonds is 5. The number of hydrogen-bond acceptors (Lipinski definition) is 3. The minimum Gasteiger partial charge on any atom is -0.388 e. The summed E-state index contributed by atoms with van der Waals surface area (Å²) in [5.41, 5.74) is 2.06. The van der Waals surface area contributed by atoms with Crippen LogP contribution < -0.4 is 4.90 Å². The zero-order chi connectivity index (χ0) is 13.8. The number of hydrogen-bond donors (Lipinski definition) is 1. The van der Waals surface area contributed by atoms with E-state index >= 15 is 0 Å². The Morgan fingerprint density at radius 2 is 1.95 bits per heavy atom. The van der Waals surface area contributed by atoms with E-state index in [1.807, 2.05) is 49.5 Å². The summed E-state index contributed by atoms with van der Waals surface area (Å²) in [5, 5.41) is 10.3. The molecule has 0 bridgehead atoms. The lowest BCUT2D eigenvalue weighted by atomic mass is 10.1. The van der Waals surface area contributed by atoms with Gasteiger partial charge < -0.3 is 14.6 Å². The molecule has 4 nitrogen and oxygen atoms in total. The molecule has 0 aliphatic heterocycles. The van der Waals surface area contributed by atoms with E-state index in [1.165, 1.54) is 0 Å². The van der Waals surface area contributed by atoms with Crippen LogP contribution in [0, 0.1) is 0 Å². The van der Waals surface area contributed by atoms with Crippen molar-refractivity contribution in [2.75, 3.05) is 19.0 Å². The molecule has 1 atom stereocenters. The molecule has 0 amide bonds. The molecule has 19 heavy (non-hydrogen) atoms. The molecule has 2 rings (SSSR count). The summed E-state index contributed by atoms with van der Waals surface area (Å²) >= 11 is 0. The Morgan fingerprint density at radius 3 is 2.53 bits per heavy atom. The Hall–Kier alpha value is -1.81. The van der Waals surface area contributed by atoms with Crippen molar-refractivity contribution in [2.45, 2.75) is 26.0 Å². The van der Waals surface area contributed by atoms with Gasteiger partial charge in [0.05, 0.1) is 6.10 Å². The number of aromatic nitrogens is 2. The summed E-state index contributed by atoms with van der Waals surface area (Å²) in [7, 11) is 4.01. The second-order valence-corrected chi connectivity index (χ2v) is 4.84. The fourth-order valence-corrected chi connectivity index (χ4v) is 2.10. The topological polar surface area (TPSA) is 41.3 Å². The van der Waals surface area contributed by atoms with Gasteiger partial charge in [-0.1, -0.05) is 12.1 Å².